The molecule has 1 aromatic carbocycles. The monoisotopic (exact) mass is 558 g/mol. The lowest BCUT2D eigenvalue weighted by Gasteiger charge is -2.26. The summed E-state index contributed by atoms with van der Waals surface area (Å²) in [7, 11) is -1.56. The molecule has 0 saturated carbocycles. The van der Waals surface area contributed by atoms with Crippen molar-refractivity contribution < 1.29 is 22.3 Å². The van der Waals surface area contributed by atoms with E-state index in [0.29, 0.717) is 22.2 Å². The second kappa shape index (κ2) is 10.3. The number of nitriles is 1. The molecule has 0 unspecified atom stereocenters. The van der Waals surface area contributed by atoms with Crippen molar-refractivity contribution in [1.82, 2.24) is 29.7 Å². The highest BCUT2D eigenvalue weighted by Crippen LogP contribution is 2.39. The molecule has 3 heterocycles. The molecule has 2 atom stereocenters. The second-order valence-corrected chi connectivity index (χ2v) is 11.1. The number of hydrogen-bond acceptors (Lipinski definition) is 11. The van der Waals surface area contributed by atoms with E-state index >= 15 is 4.39 Å². The number of nitrogens with one attached hydrogen (secondary N) is 1. The third-order valence-electron chi connectivity index (χ3n) is 5.78. The highest BCUT2D eigenvalue weighted by molar-refractivity contribution is 7.93. The fraction of sp³-hybridized carbons (Fsp3) is 0.304. The molecule has 3 aromatic heterocycles. The van der Waals surface area contributed by atoms with Crippen LogP contribution in [0, 0.1) is 18.3 Å². The van der Waals surface area contributed by atoms with Crippen LogP contribution in [0.25, 0.3) is 16.5 Å². The largest absolute Gasteiger partial charge is 0.494 e. The summed E-state index contributed by atoms with van der Waals surface area (Å²) in [6.45, 7) is 4.04. The molecule has 0 aliphatic heterocycles. The van der Waals surface area contributed by atoms with E-state index in [2.05, 4.69) is 29.9 Å². The lowest BCUT2D eigenvalue weighted by Crippen LogP contribution is -2.41. The van der Waals surface area contributed by atoms with Gasteiger partial charge in [0.25, 0.3) is 0 Å². The van der Waals surface area contributed by atoms with Crippen molar-refractivity contribution in [3.05, 3.63) is 53.1 Å². The zero-order chi connectivity index (χ0) is 27.7. The van der Waals surface area contributed by atoms with Crippen molar-refractivity contribution in [2.24, 2.45) is 0 Å². The predicted octanol–water partition coefficient (Wildman–Crippen LogP) is 3.39. The van der Waals surface area contributed by atoms with Crippen LogP contribution in [0.5, 0.6) is 11.5 Å². The number of rotatable bonds is 9. The number of alkyl halides is 1. The summed E-state index contributed by atoms with van der Waals surface area (Å²) in [4.78, 5) is 12.1. The summed E-state index contributed by atoms with van der Waals surface area (Å²) < 4.78 is 57.6. The molecule has 0 saturated heterocycles. The molecule has 0 radical (unpaired) electrons. The van der Waals surface area contributed by atoms with Crippen LogP contribution in [0.4, 0.5) is 10.3 Å². The highest BCUT2D eigenvalue weighted by atomic mass is 32.2. The quantitative estimate of drug-likeness (QED) is 0.323. The Morgan fingerprint density at radius 2 is 1.82 bits per heavy atom. The molecule has 0 spiro atoms. The first-order valence-corrected chi connectivity index (χ1v) is 13.5. The number of hydrogen-bond donors (Lipinski definition) is 1. The number of aromatic nitrogens is 6. The summed E-state index contributed by atoms with van der Waals surface area (Å²) >= 11 is 1.29. The van der Waals surface area contributed by atoms with E-state index in [9.17, 15) is 8.42 Å². The Balaban J connectivity index is 1.83. The van der Waals surface area contributed by atoms with E-state index in [0.717, 1.165) is 25.0 Å². The van der Waals surface area contributed by atoms with Gasteiger partial charge in [-0.25, -0.2) is 27.8 Å². The van der Waals surface area contributed by atoms with E-state index in [-0.39, 0.29) is 23.2 Å². The minimum absolute atomic E-state index is 0.113. The summed E-state index contributed by atoms with van der Waals surface area (Å²) in [6, 6.07) is 6.87. The van der Waals surface area contributed by atoms with Crippen LogP contribution >= 0.6 is 11.3 Å². The molecule has 4 aromatic rings. The van der Waals surface area contributed by atoms with Crippen molar-refractivity contribution in [3.63, 3.8) is 0 Å². The molecule has 198 valence electrons. The van der Waals surface area contributed by atoms with Gasteiger partial charge in [0.15, 0.2) is 22.3 Å². The normalized spacial score (nSPS) is 13.8. The lowest BCUT2D eigenvalue weighted by molar-refractivity contribution is 0.175. The Hall–Kier alpha value is -4.16. The Bertz CT molecular complexity index is 1590. The topological polar surface area (TPSA) is 158 Å². The molecule has 4 rings (SSSR count). The molecular formula is C23H23FN8O4S2. The number of nitrogens with zero attached hydrogens (tertiary/aromatic N) is 7. The molecule has 12 nitrogen and oxygen atoms in total. The fourth-order valence-corrected chi connectivity index (χ4v) is 5.56. The van der Waals surface area contributed by atoms with Crippen LogP contribution < -0.4 is 14.2 Å². The summed E-state index contributed by atoms with van der Waals surface area (Å²) in [5.74, 6) is 0.275. The minimum atomic E-state index is -4.46. The van der Waals surface area contributed by atoms with Gasteiger partial charge in [0.05, 0.1) is 19.8 Å². The fourth-order valence-electron chi connectivity index (χ4n) is 3.54. The number of anilines is 1. The zero-order valence-corrected chi connectivity index (χ0v) is 22.6. The Labute approximate surface area is 222 Å². The Morgan fingerprint density at radius 1 is 1.18 bits per heavy atom. The SMILES string of the molecule is COc1cccc(OC)c1-n1c(NS(=O)(=O)[C@H](C)[C@](C)(F)c2ncc(C#N)cn2)nnc1-c1nc(C)cs1. The molecule has 15 heteroatoms. The number of aryl methyl sites for hydroxylation is 1. The van der Waals surface area contributed by atoms with Crippen LogP contribution in [-0.2, 0) is 15.7 Å². The molecule has 38 heavy (non-hydrogen) atoms. The van der Waals surface area contributed by atoms with E-state index in [1.54, 1.807) is 18.2 Å². The van der Waals surface area contributed by atoms with Crippen LogP contribution in [0.15, 0.2) is 36.0 Å². The second-order valence-electron chi connectivity index (χ2n) is 8.26. The third-order valence-corrected chi connectivity index (χ3v) is 8.58. The Morgan fingerprint density at radius 3 is 2.34 bits per heavy atom. The highest BCUT2D eigenvalue weighted by Gasteiger charge is 2.45. The average Bonchev–Trinajstić information content (AvgIpc) is 3.52. The number of ether oxygens (including phenoxy) is 2. The third kappa shape index (κ3) is 4.87. The molecule has 0 amide bonds. The smallest absolute Gasteiger partial charge is 0.243 e. The summed E-state index contributed by atoms with van der Waals surface area (Å²) in [5, 5.41) is 17.8. The summed E-state index contributed by atoms with van der Waals surface area (Å²) in [5.41, 5.74) is -1.36. The first kappa shape index (κ1) is 26.9. The average molecular weight is 559 g/mol. The van der Waals surface area contributed by atoms with Crippen LogP contribution in [0.2, 0.25) is 0 Å². The van der Waals surface area contributed by atoms with Crippen molar-refractivity contribution >= 4 is 27.3 Å². The first-order chi connectivity index (χ1) is 18.0. The van der Waals surface area contributed by atoms with Crippen molar-refractivity contribution in [1.29, 1.82) is 5.26 Å². The van der Waals surface area contributed by atoms with Gasteiger partial charge in [-0.1, -0.05) is 6.07 Å². The van der Waals surface area contributed by atoms with E-state index in [1.807, 2.05) is 18.4 Å². The number of sulfonamides is 1. The molecule has 1 N–H and O–H groups in total. The van der Waals surface area contributed by atoms with Gasteiger partial charge in [-0.05, 0) is 32.9 Å². The number of thiazole rings is 1. The molecule has 0 aliphatic rings. The van der Waals surface area contributed by atoms with E-state index in [1.165, 1.54) is 37.0 Å². The maximum absolute atomic E-state index is 15.9. The number of benzene rings is 1. The van der Waals surface area contributed by atoms with Crippen molar-refractivity contribution in [2.45, 2.75) is 31.7 Å². The van der Waals surface area contributed by atoms with E-state index in [4.69, 9.17) is 14.7 Å². The number of methoxy groups -OCH3 is 2. The molecular weight excluding hydrogens is 535 g/mol. The van der Waals surface area contributed by atoms with Gasteiger partial charge in [-0.15, -0.1) is 21.5 Å². The van der Waals surface area contributed by atoms with Crippen LogP contribution in [-0.4, -0.2) is 57.6 Å². The predicted molar refractivity (Wildman–Crippen MR) is 138 cm³/mol. The van der Waals surface area contributed by atoms with Gasteiger partial charge < -0.3 is 9.47 Å². The van der Waals surface area contributed by atoms with Gasteiger partial charge >= 0.3 is 0 Å². The standard InChI is InChI=1S/C23H23FN8O4S2/c1-13-12-37-20(28-13)19-29-30-22(32(19)18-16(35-4)7-6-8-17(18)36-5)31-38(33,34)14(2)23(3,24)21-26-10-15(9-25)11-27-21/h6-8,10-12,14H,1-5H3,(H,30,31)/t14-,23+/m1/s1. The van der Waals surface area contributed by atoms with Crippen LogP contribution in [0.3, 0.4) is 0 Å². The molecule has 0 aliphatic carbocycles. The minimum Gasteiger partial charge on any atom is -0.494 e. The molecule has 0 bridgehead atoms. The summed E-state index contributed by atoms with van der Waals surface area (Å²) in [6.07, 6.45) is 2.25. The van der Waals surface area contributed by atoms with Gasteiger partial charge in [0, 0.05) is 23.5 Å². The number of halogens is 1. The first-order valence-electron chi connectivity index (χ1n) is 11.1. The van der Waals surface area contributed by atoms with Gasteiger partial charge in [-0.3, -0.25) is 9.29 Å². The van der Waals surface area contributed by atoms with E-state index < -0.39 is 20.9 Å². The van der Waals surface area contributed by atoms with Crippen molar-refractivity contribution in [2.75, 3.05) is 18.9 Å². The van der Waals surface area contributed by atoms with Crippen LogP contribution in [0.1, 0.15) is 30.9 Å². The lowest BCUT2D eigenvalue weighted by atomic mass is 10.0. The maximum atomic E-state index is 15.9. The van der Waals surface area contributed by atoms with Crippen molar-refractivity contribution in [3.8, 4) is 34.1 Å². The molecule has 0 fully saturated rings. The van der Waals surface area contributed by atoms with Gasteiger partial charge in [-0.2, -0.15) is 5.26 Å². The maximum Gasteiger partial charge on any atom is 0.243 e. The zero-order valence-electron chi connectivity index (χ0n) is 21.0. The Kier molecular flexibility index (Phi) is 7.29. The van der Waals surface area contributed by atoms with Gasteiger partial charge in [0.1, 0.15) is 28.5 Å². The number of para-hydroxylation sites is 1. The van der Waals surface area contributed by atoms with Gasteiger partial charge in [0.2, 0.25) is 16.0 Å².